The molecule has 3 heteroatoms. The van der Waals surface area contributed by atoms with Crippen molar-refractivity contribution in [1.82, 2.24) is 4.90 Å². The summed E-state index contributed by atoms with van der Waals surface area (Å²) in [5.41, 5.74) is 4.22. The first kappa shape index (κ1) is 15.3. The topological polar surface area (TPSA) is 44.1 Å². The summed E-state index contributed by atoms with van der Waals surface area (Å²) in [6, 6.07) is 18.0. The van der Waals surface area contributed by atoms with Gasteiger partial charge in [-0.1, -0.05) is 36.4 Å². The van der Waals surface area contributed by atoms with Crippen molar-refractivity contribution < 1.29 is 4.79 Å². The normalized spacial score (nSPS) is 17.0. The molecule has 2 aromatic carbocycles. The Kier molecular flexibility index (Phi) is 4.43. The van der Waals surface area contributed by atoms with E-state index in [1.807, 2.05) is 29.2 Å². The number of carbonyl (C=O) groups is 1. The van der Waals surface area contributed by atoms with Crippen molar-refractivity contribution in [1.29, 1.82) is 5.26 Å². The lowest BCUT2D eigenvalue weighted by Gasteiger charge is -2.18. The number of benzene rings is 2. The number of likely N-dealkylation sites (tertiary alicyclic amines) is 1. The molecule has 1 atom stereocenters. The highest BCUT2D eigenvalue weighted by molar-refractivity contribution is 5.94. The molecular formula is C20H20N2O. The van der Waals surface area contributed by atoms with E-state index in [0.29, 0.717) is 17.9 Å². The van der Waals surface area contributed by atoms with E-state index in [0.717, 1.165) is 25.1 Å². The van der Waals surface area contributed by atoms with Crippen LogP contribution in [0.1, 0.15) is 39.4 Å². The van der Waals surface area contributed by atoms with Crippen LogP contribution in [-0.4, -0.2) is 23.9 Å². The van der Waals surface area contributed by atoms with Gasteiger partial charge in [-0.25, -0.2) is 0 Å². The Morgan fingerprint density at radius 2 is 2.09 bits per heavy atom. The Balaban J connectivity index is 1.74. The molecule has 116 valence electrons. The van der Waals surface area contributed by atoms with Gasteiger partial charge in [0.1, 0.15) is 0 Å². The zero-order chi connectivity index (χ0) is 16.2. The highest BCUT2D eigenvalue weighted by Crippen LogP contribution is 2.30. The summed E-state index contributed by atoms with van der Waals surface area (Å²) < 4.78 is 0. The lowest BCUT2D eigenvalue weighted by atomic mass is 9.94. The van der Waals surface area contributed by atoms with Crippen LogP contribution < -0.4 is 0 Å². The van der Waals surface area contributed by atoms with Gasteiger partial charge in [-0.3, -0.25) is 4.79 Å². The Morgan fingerprint density at radius 3 is 2.87 bits per heavy atom. The predicted molar refractivity (Wildman–Crippen MR) is 90.2 cm³/mol. The zero-order valence-corrected chi connectivity index (χ0v) is 13.3. The first-order valence-electron chi connectivity index (χ1n) is 7.99. The fourth-order valence-corrected chi connectivity index (χ4v) is 3.33. The minimum Gasteiger partial charge on any atom is -0.338 e. The summed E-state index contributed by atoms with van der Waals surface area (Å²) in [6.45, 7) is 3.69. The predicted octanol–water partition coefficient (Wildman–Crippen LogP) is 3.69. The minimum atomic E-state index is 0.0703. The van der Waals surface area contributed by atoms with Gasteiger partial charge in [-0.2, -0.15) is 5.26 Å². The van der Waals surface area contributed by atoms with E-state index >= 15 is 0 Å². The molecule has 1 heterocycles. The number of amides is 1. The molecule has 0 N–H and O–H groups in total. The molecule has 1 saturated heterocycles. The van der Waals surface area contributed by atoms with Crippen LogP contribution in [0.5, 0.6) is 0 Å². The van der Waals surface area contributed by atoms with Crippen LogP contribution >= 0.6 is 0 Å². The van der Waals surface area contributed by atoms with Crippen LogP contribution in [-0.2, 0) is 6.42 Å². The maximum absolute atomic E-state index is 12.7. The molecule has 0 unspecified atom stereocenters. The molecular weight excluding hydrogens is 284 g/mol. The van der Waals surface area contributed by atoms with Crippen molar-refractivity contribution in [2.75, 3.05) is 13.1 Å². The van der Waals surface area contributed by atoms with Gasteiger partial charge in [-0.15, -0.1) is 0 Å². The number of nitrogens with zero attached hydrogens (tertiary/aromatic N) is 2. The Labute approximate surface area is 137 Å². The fourth-order valence-electron chi connectivity index (χ4n) is 3.33. The fraction of sp³-hybridized carbons (Fsp3) is 0.300. The number of hydrogen-bond donors (Lipinski definition) is 0. The number of hydrogen-bond acceptors (Lipinski definition) is 2. The summed E-state index contributed by atoms with van der Waals surface area (Å²) in [6.07, 6.45) is 1.35. The summed E-state index contributed by atoms with van der Waals surface area (Å²) in [4.78, 5) is 14.6. The average molecular weight is 304 g/mol. The van der Waals surface area contributed by atoms with Crippen molar-refractivity contribution in [2.45, 2.75) is 25.7 Å². The van der Waals surface area contributed by atoms with Crippen LogP contribution in [0.2, 0.25) is 0 Å². The van der Waals surface area contributed by atoms with Gasteiger partial charge in [0.15, 0.2) is 0 Å². The highest BCUT2D eigenvalue weighted by atomic mass is 16.2. The van der Waals surface area contributed by atoms with Crippen LogP contribution in [0.15, 0.2) is 48.5 Å². The maximum atomic E-state index is 12.7. The Hall–Kier alpha value is -2.60. The molecule has 3 rings (SSSR count). The second-order valence-corrected chi connectivity index (χ2v) is 6.13. The van der Waals surface area contributed by atoms with Crippen molar-refractivity contribution in [2.24, 2.45) is 0 Å². The number of rotatable bonds is 3. The third-order valence-electron chi connectivity index (χ3n) is 4.56. The summed E-state index contributed by atoms with van der Waals surface area (Å²) in [5.74, 6) is 0.489. The van der Waals surface area contributed by atoms with E-state index in [1.165, 1.54) is 11.1 Å². The Morgan fingerprint density at radius 1 is 1.26 bits per heavy atom. The monoisotopic (exact) mass is 304 g/mol. The lowest BCUT2D eigenvalue weighted by Crippen LogP contribution is -2.28. The SMILES string of the molecule is Cc1ccccc1[C@@H]1CCN(C(=O)c2cccc(CC#N)c2)C1. The molecule has 0 spiro atoms. The van der Waals surface area contributed by atoms with E-state index in [-0.39, 0.29) is 5.91 Å². The van der Waals surface area contributed by atoms with Gasteiger partial charge >= 0.3 is 0 Å². The molecule has 0 aliphatic carbocycles. The quantitative estimate of drug-likeness (QED) is 0.868. The molecule has 0 saturated carbocycles. The van der Waals surface area contributed by atoms with E-state index < -0.39 is 0 Å². The molecule has 0 bridgehead atoms. The lowest BCUT2D eigenvalue weighted by molar-refractivity contribution is 0.0790. The Bertz CT molecular complexity index is 760. The van der Waals surface area contributed by atoms with Gasteiger partial charge in [0.25, 0.3) is 5.91 Å². The minimum absolute atomic E-state index is 0.0703. The smallest absolute Gasteiger partial charge is 0.253 e. The van der Waals surface area contributed by atoms with E-state index in [4.69, 9.17) is 5.26 Å². The van der Waals surface area contributed by atoms with Gasteiger partial charge in [0.2, 0.25) is 0 Å². The molecule has 2 aromatic rings. The van der Waals surface area contributed by atoms with Crippen LogP contribution in [0.4, 0.5) is 0 Å². The van der Waals surface area contributed by atoms with Crippen molar-refractivity contribution in [3.8, 4) is 6.07 Å². The molecule has 0 radical (unpaired) electrons. The number of carbonyl (C=O) groups excluding carboxylic acids is 1. The summed E-state index contributed by atoms with van der Waals surface area (Å²) in [5, 5.41) is 8.80. The van der Waals surface area contributed by atoms with E-state index in [1.54, 1.807) is 0 Å². The standard InChI is InChI=1S/C20H20N2O/c1-15-5-2-3-8-19(15)18-10-12-22(14-18)20(23)17-7-4-6-16(13-17)9-11-21/h2-8,13,18H,9-10,12,14H2,1H3/t18-/m1/s1. The van der Waals surface area contributed by atoms with Gasteiger partial charge < -0.3 is 4.90 Å². The van der Waals surface area contributed by atoms with Crippen molar-refractivity contribution in [3.63, 3.8) is 0 Å². The second kappa shape index (κ2) is 6.66. The first-order valence-corrected chi connectivity index (χ1v) is 7.99. The first-order chi connectivity index (χ1) is 11.2. The van der Waals surface area contributed by atoms with E-state index in [9.17, 15) is 4.79 Å². The van der Waals surface area contributed by atoms with E-state index in [2.05, 4.69) is 37.3 Å². The molecule has 1 amide bonds. The summed E-state index contributed by atoms with van der Waals surface area (Å²) >= 11 is 0. The molecule has 1 aliphatic rings. The number of aryl methyl sites for hydroxylation is 1. The summed E-state index contributed by atoms with van der Waals surface area (Å²) in [7, 11) is 0. The largest absolute Gasteiger partial charge is 0.338 e. The molecule has 1 fully saturated rings. The molecule has 23 heavy (non-hydrogen) atoms. The average Bonchev–Trinajstić information content (AvgIpc) is 3.05. The van der Waals surface area contributed by atoms with Crippen LogP contribution in [0, 0.1) is 18.3 Å². The molecule has 1 aliphatic heterocycles. The maximum Gasteiger partial charge on any atom is 0.253 e. The molecule has 0 aromatic heterocycles. The second-order valence-electron chi connectivity index (χ2n) is 6.13. The van der Waals surface area contributed by atoms with Crippen LogP contribution in [0.25, 0.3) is 0 Å². The number of nitriles is 1. The third kappa shape index (κ3) is 3.27. The van der Waals surface area contributed by atoms with Crippen molar-refractivity contribution >= 4 is 5.91 Å². The molecule has 3 nitrogen and oxygen atoms in total. The van der Waals surface area contributed by atoms with Crippen molar-refractivity contribution in [3.05, 3.63) is 70.8 Å². The van der Waals surface area contributed by atoms with Gasteiger partial charge in [0, 0.05) is 24.6 Å². The highest BCUT2D eigenvalue weighted by Gasteiger charge is 2.28. The van der Waals surface area contributed by atoms with Gasteiger partial charge in [-0.05, 0) is 42.2 Å². The third-order valence-corrected chi connectivity index (χ3v) is 4.56. The van der Waals surface area contributed by atoms with Crippen LogP contribution in [0.3, 0.4) is 0 Å². The zero-order valence-electron chi connectivity index (χ0n) is 13.3. The van der Waals surface area contributed by atoms with Gasteiger partial charge in [0.05, 0.1) is 12.5 Å².